The molecule has 0 aliphatic rings. The van der Waals surface area contributed by atoms with E-state index in [0.29, 0.717) is 0 Å². The zero-order valence-corrected chi connectivity index (χ0v) is 7.76. The van der Waals surface area contributed by atoms with Crippen LogP contribution in [-0.4, -0.2) is 0 Å². The van der Waals surface area contributed by atoms with Crippen molar-refractivity contribution in [3.63, 3.8) is 0 Å². The van der Waals surface area contributed by atoms with E-state index in [1.807, 2.05) is 0 Å². The molecule has 0 aromatic carbocycles. The summed E-state index contributed by atoms with van der Waals surface area (Å²) in [4.78, 5) is 0. The summed E-state index contributed by atoms with van der Waals surface area (Å²) in [5, 5.41) is 0. The summed E-state index contributed by atoms with van der Waals surface area (Å²) in [7, 11) is 0. The smallest absolute Gasteiger partial charge is 1.00 e. The van der Waals surface area contributed by atoms with Crippen molar-refractivity contribution >= 4 is 0 Å². The molecule has 0 spiro atoms. The van der Waals surface area contributed by atoms with Gasteiger partial charge in [0.25, 0.3) is 0 Å². The van der Waals surface area contributed by atoms with Gasteiger partial charge in [-0.25, -0.2) is 0 Å². The van der Waals surface area contributed by atoms with E-state index >= 15 is 0 Å². The molecule has 0 rings (SSSR count). The van der Waals surface area contributed by atoms with E-state index in [1.54, 1.807) is 0 Å². The van der Waals surface area contributed by atoms with E-state index in [9.17, 15) is 0 Å². The van der Waals surface area contributed by atoms with Crippen LogP contribution in [0.25, 0.3) is 0 Å². The molecule has 1 nitrogen and oxygen atoms in total. The molecule has 0 aromatic rings. The molecule has 0 atom stereocenters. The molecule has 0 aliphatic carbocycles. The van der Waals surface area contributed by atoms with Crippen LogP contribution in [0.3, 0.4) is 0 Å². The van der Waals surface area contributed by atoms with Crippen LogP contribution in [0, 0.1) is 0 Å². The summed E-state index contributed by atoms with van der Waals surface area (Å²) in [5.41, 5.74) is 0. The summed E-state index contributed by atoms with van der Waals surface area (Å²) < 4.78 is 0. The molecule has 2 radical (unpaired) electrons. The molecular formula is Co2Li2Ni2O. The quantitative estimate of drug-likeness (QED) is 0.390. The van der Waals surface area contributed by atoms with Gasteiger partial charge in [0.1, 0.15) is 0 Å². The van der Waals surface area contributed by atoms with Crippen LogP contribution >= 0.6 is 0 Å². The molecule has 0 fully saturated rings. The van der Waals surface area contributed by atoms with E-state index in [1.165, 1.54) is 0 Å². The van der Waals surface area contributed by atoms with Crippen molar-refractivity contribution in [2.45, 2.75) is 0 Å². The van der Waals surface area contributed by atoms with Crippen LogP contribution < -0.4 is 37.7 Å². The third-order valence-electron chi connectivity index (χ3n) is 0. The molecule has 7 heavy (non-hydrogen) atoms. The fourth-order valence-corrected chi connectivity index (χ4v) is 0. The van der Waals surface area contributed by atoms with Gasteiger partial charge in [-0.1, -0.05) is 0 Å². The Hall–Kier alpha value is 3.15. The minimum Gasteiger partial charge on any atom is -2.00 e. The molecule has 7 heteroatoms. The summed E-state index contributed by atoms with van der Waals surface area (Å²) in [6.45, 7) is 0. The Morgan fingerprint density at radius 1 is 0.571 bits per heavy atom. The van der Waals surface area contributed by atoms with Crippen LogP contribution in [0.4, 0.5) is 0 Å². The van der Waals surface area contributed by atoms with Gasteiger partial charge in [0.2, 0.25) is 0 Å². The van der Waals surface area contributed by atoms with E-state index < -0.39 is 0 Å². The third kappa shape index (κ3) is 47.1. The standard InChI is InChI=1S/2Co.2Li.2Ni.O/q;;2*+1;;;-2. The van der Waals surface area contributed by atoms with Gasteiger partial charge in [0, 0.05) is 66.5 Å². The SMILES string of the molecule is [Co].[Co].[Li+].[Li+].[Ni].[Ni].[O-2]. The van der Waals surface area contributed by atoms with Gasteiger partial charge < -0.3 is 5.48 Å². The molecule has 0 saturated heterocycles. The first-order valence-corrected chi connectivity index (χ1v) is 0. The number of hydrogen-bond donors (Lipinski definition) is 0. The Bertz CT molecular complexity index is 13.7. The minimum atomic E-state index is 0. The monoisotopic (exact) mass is 264 g/mol. The second-order valence-electron chi connectivity index (χ2n) is 0. The van der Waals surface area contributed by atoms with Crippen molar-refractivity contribution in [3.05, 3.63) is 0 Å². The zero-order valence-electron chi connectivity index (χ0n) is 3.71. The van der Waals surface area contributed by atoms with Gasteiger partial charge in [0.15, 0.2) is 0 Å². The maximum Gasteiger partial charge on any atom is 1.00 e. The molecular weight excluding hydrogens is 265 g/mol. The van der Waals surface area contributed by atoms with Crippen LogP contribution in [-0.2, 0) is 72.0 Å². The maximum absolute atomic E-state index is 0. The first-order valence-electron chi connectivity index (χ1n) is 0. The number of rotatable bonds is 0. The Morgan fingerprint density at radius 3 is 0.571 bits per heavy atom. The molecule has 0 heterocycles. The Morgan fingerprint density at radius 2 is 0.571 bits per heavy atom. The van der Waals surface area contributed by atoms with E-state index in [0.717, 1.165) is 0 Å². The molecule has 0 aromatic heterocycles. The van der Waals surface area contributed by atoms with Crippen LogP contribution in [0.1, 0.15) is 0 Å². The molecule has 0 amide bonds. The average molecular weight is 265 g/mol. The predicted octanol–water partition coefficient (Wildman–Crippen LogP) is -6.12. The topological polar surface area (TPSA) is 28.5 Å². The minimum absolute atomic E-state index is 0. The van der Waals surface area contributed by atoms with Crippen molar-refractivity contribution in [2.24, 2.45) is 0 Å². The maximum atomic E-state index is 0. The van der Waals surface area contributed by atoms with Gasteiger partial charge in [-0.2, -0.15) is 0 Å². The summed E-state index contributed by atoms with van der Waals surface area (Å²) >= 11 is 0. The first kappa shape index (κ1) is 85.5. The molecule has 0 N–H and O–H groups in total. The summed E-state index contributed by atoms with van der Waals surface area (Å²) in [6, 6.07) is 0. The normalized spacial score (nSPS) is 0. The van der Waals surface area contributed by atoms with E-state index in [4.69, 9.17) is 0 Å². The molecule has 0 saturated carbocycles. The van der Waals surface area contributed by atoms with Crippen molar-refractivity contribution in [1.82, 2.24) is 0 Å². The zero-order chi connectivity index (χ0) is 0. The molecule has 0 unspecified atom stereocenters. The van der Waals surface area contributed by atoms with Gasteiger partial charge >= 0.3 is 37.7 Å². The molecule has 0 aliphatic heterocycles. The van der Waals surface area contributed by atoms with Crippen LogP contribution in [0.5, 0.6) is 0 Å². The average Bonchev–Trinajstić information content (AvgIpc) is 0. The number of hydrogen-bond acceptors (Lipinski definition) is 0. The fraction of sp³-hybridized carbons (Fsp3) is 0. The van der Waals surface area contributed by atoms with Crippen LogP contribution in [0.15, 0.2) is 0 Å². The predicted molar refractivity (Wildman–Crippen MR) is 0.686 cm³/mol. The van der Waals surface area contributed by atoms with Crippen LogP contribution in [0.2, 0.25) is 0 Å². The summed E-state index contributed by atoms with van der Waals surface area (Å²) in [5.74, 6) is 0. The molecule has 46 valence electrons. The van der Waals surface area contributed by atoms with Crippen molar-refractivity contribution in [3.8, 4) is 0 Å². The second-order valence-corrected chi connectivity index (χ2v) is 0. The second kappa shape index (κ2) is 61.2. The van der Waals surface area contributed by atoms with Gasteiger partial charge in [-0.05, 0) is 0 Å². The third-order valence-corrected chi connectivity index (χ3v) is 0. The van der Waals surface area contributed by atoms with E-state index in [2.05, 4.69) is 0 Å². The first-order chi connectivity index (χ1) is 0. The van der Waals surface area contributed by atoms with Crippen molar-refractivity contribution < 1.29 is 110 Å². The molecule has 0 bridgehead atoms. The van der Waals surface area contributed by atoms with Gasteiger partial charge in [-0.15, -0.1) is 0 Å². The largest absolute Gasteiger partial charge is 2.00 e. The Labute approximate surface area is 108 Å². The Balaban J connectivity index is 0. The van der Waals surface area contributed by atoms with Gasteiger partial charge in [0.05, 0.1) is 0 Å². The fourth-order valence-electron chi connectivity index (χ4n) is 0. The van der Waals surface area contributed by atoms with E-state index in [-0.39, 0.29) is 110 Å². The van der Waals surface area contributed by atoms with Crippen molar-refractivity contribution in [1.29, 1.82) is 0 Å². The Kier molecular flexibility index (Phi) is 747. The summed E-state index contributed by atoms with van der Waals surface area (Å²) in [6.07, 6.45) is 0. The van der Waals surface area contributed by atoms with Crippen molar-refractivity contribution in [2.75, 3.05) is 0 Å². The van der Waals surface area contributed by atoms with Gasteiger partial charge in [-0.3, -0.25) is 0 Å².